The van der Waals surface area contributed by atoms with E-state index in [2.05, 4.69) is 20.6 Å². The van der Waals surface area contributed by atoms with E-state index < -0.39 is 0 Å². The molecule has 3 rings (SSSR count). The molecule has 0 saturated carbocycles. The third-order valence-electron chi connectivity index (χ3n) is 3.82. The number of nitrogens with one attached hydrogen (secondary N) is 1. The van der Waals surface area contributed by atoms with E-state index in [0.29, 0.717) is 24.5 Å². The molecule has 0 bridgehead atoms. The molecule has 2 aromatic heterocycles. The maximum Gasteiger partial charge on any atom is 0.254 e. The number of aromatic nitrogens is 5. The van der Waals surface area contributed by atoms with Gasteiger partial charge in [-0.25, -0.2) is 4.68 Å². The quantitative estimate of drug-likeness (QED) is 0.706. The zero-order chi connectivity index (χ0) is 17.6. The summed E-state index contributed by atoms with van der Waals surface area (Å²) in [6.45, 7) is 3.05. The largest absolute Gasteiger partial charge is 0.383 e. The molecule has 8 nitrogen and oxygen atoms in total. The molecular weight excluding hydrogens is 320 g/mol. The number of para-hydroxylation sites is 1. The average molecular weight is 340 g/mol. The lowest BCUT2D eigenvalue weighted by Gasteiger charge is -2.16. The van der Waals surface area contributed by atoms with Gasteiger partial charge in [-0.3, -0.25) is 4.79 Å². The van der Waals surface area contributed by atoms with Gasteiger partial charge in [-0.05, 0) is 25.1 Å². The molecule has 0 aliphatic heterocycles. The SMILES string of the molecule is COCCn1cnnc1[C@@H](C)NC(=O)c1ccccc1-n1cccn1. The molecule has 2 heterocycles. The predicted octanol–water partition coefficient (Wildman–Crippen LogP) is 1.60. The summed E-state index contributed by atoms with van der Waals surface area (Å²) in [4.78, 5) is 12.8. The summed E-state index contributed by atoms with van der Waals surface area (Å²) in [6.07, 6.45) is 5.11. The molecule has 8 heteroatoms. The molecule has 0 aliphatic rings. The topological polar surface area (TPSA) is 86.9 Å². The molecule has 0 radical (unpaired) electrons. The maximum atomic E-state index is 12.8. The first-order chi connectivity index (χ1) is 12.2. The molecule has 1 atom stereocenters. The summed E-state index contributed by atoms with van der Waals surface area (Å²) in [5.41, 5.74) is 1.26. The van der Waals surface area contributed by atoms with Gasteiger partial charge in [0.15, 0.2) is 5.82 Å². The number of carbonyl (C=O) groups excluding carboxylic acids is 1. The van der Waals surface area contributed by atoms with Crippen LogP contribution in [0.2, 0.25) is 0 Å². The molecule has 0 aliphatic carbocycles. The van der Waals surface area contributed by atoms with E-state index in [9.17, 15) is 4.79 Å². The molecule has 1 amide bonds. The van der Waals surface area contributed by atoms with Gasteiger partial charge in [0.2, 0.25) is 0 Å². The minimum Gasteiger partial charge on any atom is -0.383 e. The number of hydrogen-bond donors (Lipinski definition) is 1. The molecule has 0 saturated heterocycles. The van der Waals surface area contributed by atoms with Gasteiger partial charge in [0.25, 0.3) is 5.91 Å². The van der Waals surface area contributed by atoms with Crippen LogP contribution in [0.25, 0.3) is 5.69 Å². The number of rotatable bonds is 7. The monoisotopic (exact) mass is 340 g/mol. The molecular formula is C17H20N6O2. The van der Waals surface area contributed by atoms with Crippen LogP contribution in [0.5, 0.6) is 0 Å². The molecule has 130 valence electrons. The number of carbonyl (C=O) groups is 1. The number of hydrogen-bond acceptors (Lipinski definition) is 5. The number of nitrogens with zero attached hydrogens (tertiary/aromatic N) is 5. The highest BCUT2D eigenvalue weighted by Gasteiger charge is 2.19. The van der Waals surface area contributed by atoms with Gasteiger partial charge in [0, 0.05) is 26.0 Å². The van der Waals surface area contributed by atoms with Crippen molar-refractivity contribution in [2.45, 2.75) is 19.5 Å². The Balaban J connectivity index is 1.78. The number of ether oxygens (including phenoxy) is 1. The van der Waals surface area contributed by atoms with Crippen LogP contribution < -0.4 is 5.32 Å². The van der Waals surface area contributed by atoms with Crippen LogP contribution in [0, 0.1) is 0 Å². The number of amides is 1. The Morgan fingerprint density at radius 3 is 2.92 bits per heavy atom. The molecule has 0 unspecified atom stereocenters. The molecule has 0 spiro atoms. The van der Waals surface area contributed by atoms with E-state index in [1.165, 1.54) is 0 Å². The maximum absolute atomic E-state index is 12.8. The van der Waals surface area contributed by atoms with Crippen molar-refractivity contribution in [2.75, 3.05) is 13.7 Å². The first-order valence-electron chi connectivity index (χ1n) is 7.97. The van der Waals surface area contributed by atoms with E-state index in [-0.39, 0.29) is 11.9 Å². The van der Waals surface area contributed by atoms with Gasteiger partial charge in [-0.2, -0.15) is 5.10 Å². The van der Waals surface area contributed by atoms with Crippen molar-refractivity contribution in [2.24, 2.45) is 0 Å². The van der Waals surface area contributed by atoms with E-state index >= 15 is 0 Å². The van der Waals surface area contributed by atoms with Gasteiger partial charge < -0.3 is 14.6 Å². The van der Waals surface area contributed by atoms with E-state index in [1.807, 2.05) is 35.8 Å². The lowest BCUT2D eigenvalue weighted by atomic mass is 10.1. The van der Waals surface area contributed by atoms with Crippen LogP contribution in [0.1, 0.15) is 29.1 Å². The summed E-state index contributed by atoms with van der Waals surface area (Å²) in [7, 11) is 1.64. The lowest BCUT2D eigenvalue weighted by Crippen LogP contribution is -2.29. The van der Waals surface area contributed by atoms with Crippen molar-refractivity contribution in [3.8, 4) is 5.69 Å². The van der Waals surface area contributed by atoms with Gasteiger partial charge >= 0.3 is 0 Å². The zero-order valence-electron chi connectivity index (χ0n) is 14.2. The standard InChI is InChI=1S/C17H20N6O2/c1-13(16-21-18-12-22(16)10-11-25-2)20-17(24)14-6-3-4-7-15(14)23-9-5-8-19-23/h3-9,12-13H,10-11H2,1-2H3,(H,20,24)/t13-/m1/s1. The van der Waals surface area contributed by atoms with Crippen molar-refractivity contribution in [3.63, 3.8) is 0 Å². The Kier molecular flexibility index (Phi) is 5.20. The van der Waals surface area contributed by atoms with Crippen LogP contribution in [-0.2, 0) is 11.3 Å². The number of benzene rings is 1. The van der Waals surface area contributed by atoms with Crippen LogP contribution in [0.3, 0.4) is 0 Å². The van der Waals surface area contributed by atoms with Crippen molar-refractivity contribution < 1.29 is 9.53 Å². The first-order valence-corrected chi connectivity index (χ1v) is 7.97. The highest BCUT2D eigenvalue weighted by Crippen LogP contribution is 2.16. The minimum atomic E-state index is -0.294. The summed E-state index contributed by atoms with van der Waals surface area (Å²) in [6, 6.07) is 8.85. The van der Waals surface area contributed by atoms with Crippen LogP contribution in [-0.4, -0.2) is 44.2 Å². The fraction of sp³-hybridized carbons (Fsp3) is 0.294. The second-order valence-electron chi connectivity index (χ2n) is 5.54. The molecule has 0 fully saturated rings. The minimum absolute atomic E-state index is 0.195. The Labute approximate surface area is 145 Å². The summed E-state index contributed by atoms with van der Waals surface area (Å²) >= 11 is 0. The summed E-state index contributed by atoms with van der Waals surface area (Å²) in [5.74, 6) is 0.488. The molecule has 1 N–H and O–H groups in total. The second kappa shape index (κ2) is 7.71. The van der Waals surface area contributed by atoms with Crippen molar-refractivity contribution >= 4 is 5.91 Å². The van der Waals surface area contributed by atoms with E-state index in [1.54, 1.807) is 36.6 Å². The summed E-state index contributed by atoms with van der Waals surface area (Å²) < 4.78 is 8.62. The van der Waals surface area contributed by atoms with Crippen LogP contribution in [0.4, 0.5) is 0 Å². The third kappa shape index (κ3) is 3.74. The fourth-order valence-corrected chi connectivity index (χ4v) is 2.58. The number of methoxy groups -OCH3 is 1. The molecule has 1 aromatic carbocycles. The van der Waals surface area contributed by atoms with Crippen LogP contribution >= 0.6 is 0 Å². The van der Waals surface area contributed by atoms with Crippen LogP contribution in [0.15, 0.2) is 49.1 Å². The van der Waals surface area contributed by atoms with Gasteiger partial charge in [0.1, 0.15) is 6.33 Å². The van der Waals surface area contributed by atoms with E-state index in [0.717, 1.165) is 5.69 Å². The summed E-state index contributed by atoms with van der Waals surface area (Å²) in [5, 5.41) is 15.2. The first kappa shape index (κ1) is 16.8. The normalized spacial score (nSPS) is 12.1. The fourth-order valence-electron chi connectivity index (χ4n) is 2.58. The zero-order valence-corrected chi connectivity index (χ0v) is 14.2. The smallest absolute Gasteiger partial charge is 0.254 e. The second-order valence-corrected chi connectivity index (χ2v) is 5.54. The highest BCUT2D eigenvalue weighted by molar-refractivity contribution is 5.97. The van der Waals surface area contributed by atoms with Crippen molar-refractivity contribution in [3.05, 3.63) is 60.4 Å². The van der Waals surface area contributed by atoms with Gasteiger partial charge in [-0.15, -0.1) is 10.2 Å². The Hall–Kier alpha value is -3.00. The van der Waals surface area contributed by atoms with Gasteiger partial charge in [0.05, 0.1) is 23.9 Å². The highest BCUT2D eigenvalue weighted by atomic mass is 16.5. The third-order valence-corrected chi connectivity index (χ3v) is 3.82. The van der Waals surface area contributed by atoms with Gasteiger partial charge in [-0.1, -0.05) is 12.1 Å². The Bertz CT molecular complexity index is 827. The lowest BCUT2D eigenvalue weighted by molar-refractivity contribution is 0.0937. The average Bonchev–Trinajstić information content (AvgIpc) is 3.31. The predicted molar refractivity (Wildman–Crippen MR) is 91.3 cm³/mol. The van der Waals surface area contributed by atoms with Crippen molar-refractivity contribution in [1.29, 1.82) is 0 Å². The molecule has 3 aromatic rings. The Morgan fingerprint density at radius 2 is 2.16 bits per heavy atom. The Morgan fingerprint density at radius 1 is 1.32 bits per heavy atom. The van der Waals surface area contributed by atoms with Crippen molar-refractivity contribution in [1.82, 2.24) is 29.9 Å². The molecule has 25 heavy (non-hydrogen) atoms. The van der Waals surface area contributed by atoms with E-state index in [4.69, 9.17) is 4.74 Å².